The van der Waals surface area contributed by atoms with Gasteiger partial charge in [-0.2, -0.15) is 0 Å². The average molecular weight is 292 g/mol. The van der Waals surface area contributed by atoms with E-state index in [-0.39, 0.29) is 5.17 Å². The first-order valence-corrected chi connectivity index (χ1v) is 4.64. The maximum absolute atomic E-state index is 11.2. The van der Waals surface area contributed by atoms with Crippen molar-refractivity contribution in [3.63, 3.8) is 0 Å². The molecule has 3 N–H and O–H groups in total. The van der Waals surface area contributed by atoms with E-state index in [1.54, 1.807) is 12.1 Å². The van der Waals surface area contributed by atoms with Crippen LogP contribution in [0.2, 0.25) is 0 Å². The maximum Gasteiger partial charge on any atom is 0.292 e. The fraction of sp³-hybridized carbons (Fsp3) is 0.125. The molecule has 0 aromatic heterocycles. The topological polar surface area (TPSA) is 66.6 Å². The maximum atomic E-state index is 11.2. The fourth-order valence-electron chi connectivity index (χ4n) is 0.992. The highest BCUT2D eigenvalue weighted by Crippen LogP contribution is 2.12. The number of benzene rings is 1. The number of hydroxylamine groups is 1. The van der Waals surface area contributed by atoms with Crippen LogP contribution in [0.5, 0.6) is 0 Å². The van der Waals surface area contributed by atoms with Crippen molar-refractivity contribution < 1.29 is 10.0 Å². The molecular weight excluding hydrogens is 283 g/mol. The molecule has 5 heteroatoms. The van der Waals surface area contributed by atoms with Crippen LogP contribution in [-0.4, -0.2) is 16.3 Å². The molecule has 0 bridgehead atoms. The molecule has 70 valence electrons. The number of carbonyl (C=O) groups is 1. The molecule has 0 aliphatic rings. The summed E-state index contributed by atoms with van der Waals surface area (Å²) < 4.78 is 0.933. The zero-order valence-corrected chi connectivity index (χ0v) is 9.15. The number of hydrogen-bond acceptors (Lipinski definition) is 3. The Hall–Kier alpha value is -0.660. The molecule has 0 unspecified atom stereocenters. The van der Waals surface area contributed by atoms with Crippen LogP contribution in [0.4, 0.5) is 0 Å². The summed E-state index contributed by atoms with van der Waals surface area (Å²) in [5.41, 5.74) is 1.34. The highest BCUT2D eigenvalue weighted by atomic mass is 127. The Morgan fingerprint density at radius 1 is 1.54 bits per heavy atom. The van der Waals surface area contributed by atoms with Gasteiger partial charge in [0, 0.05) is 9.13 Å². The van der Waals surface area contributed by atoms with Gasteiger partial charge < -0.3 is 0 Å². The highest BCUT2D eigenvalue weighted by molar-refractivity contribution is 14.1. The van der Waals surface area contributed by atoms with E-state index in [1.807, 2.05) is 13.0 Å². The van der Waals surface area contributed by atoms with Crippen molar-refractivity contribution in [3.8, 4) is 0 Å². The van der Waals surface area contributed by atoms with Crippen molar-refractivity contribution in [3.05, 3.63) is 32.9 Å². The van der Waals surface area contributed by atoms with Crippen molar-refractivity contribution in [2.24, 2.45) is 5.84 Å². The lowest BCUT2D eigenvalue weighted by Crippen LogP contribution is -2.33. The number of hydrazine groups is 1. The van der Waals surface area contributed by atoms with Crippen molar-refractivity contribution in [2.75, 3.05) is 0 Å². The van der Waals surface area contributed by atoms with Crippen LogP contribution in [0.25, 0.3) is 0 Å². The van der Waals surface area contributed by atoms with E-state index in [1.165, 1.54) is 0 Å². The summed E-state index contributed by atoms with van der Waals surface area (Å²) in [6.07, 6.45) is 0. The Labute approximate surface area is 89.4 Å². The van der Waals surface area contributed by atoms with Gasteiger partial charge in [0.25, 0.3) is 5.91 Å². The predicted octanol–water partition coefficient (Wildman–Crippen LogP) is 1.30. The minimum atomic E-state index is -0.610. The van der Waals surface area contributed by atoms with E-state index >= 15 is 0 Å². The molecule has 0 radical (unpaired) electrons. The summed E-state index contributed by atoms with van der Waals surface area (Å²) in [5.74, 6) is 4.30. The molecule has 0 heterocycles. The van der Waals surface area contributed by atoms with Crippen LogP contribution >= 0.6 is 22.6 Å². The molecule has 1 aromatic carbocycles. The first kappa shape index (κ1) is 10.4. The van der Waals surface area contributed by atoms with Gasteiger partial charge >= 0.3 is 0 Å². The van der Waals surface area contributed by atoms with E-state index < -0.39 is 5.91 Å². The molecule has 0 fully saturated rings. The Morgan fingerprint density at radius 2 is 2.15 bits per heavy atom. The third-order valence-corrected chi connectivity index (χ3v) is 2.12. The molecule has 13 heavy (non-hydrogen) atoms. The van der Waals surface area contributed by atoms with Gasteiger partial charge in [0.2, 0.25) is 0 Å². The summed E-state index contributed by atoms with van der Waals surface area (Å²) in [5, 5.41) is 8.80. The molecule has 0 saturated heterocycles. The number of amides is 1. The highest BCUT2D eigenvalue weighted by Gasteiger charge is 2.10. The number of nitrogens with two attached hydrogens (primary N) is 1. The SMILES string of the molecule is Cc1cc(I)cc(C(=O)N(N)O)c1. The molecule has 0 aliphatic heterocycles. The van der Waals surface area contributed by atoms with Gasteiger partial charge in [-0.3, -0.25) is 10.0 Å². The smallest absolute Gasteiger partial charge is 0.270 e. The van der Waals surface area contributed by atoms with Gasteiger partial charge in [-0.1, -0.05) is 0 Å². The van der Waals surface area contributed by atoms with E-state index in [9.17, 15) is 4.79 Å². The van der Waals surface area contributed by atoms with Crippen LogP contribution in [0, 0.1) is 10.5 Å². The summed E-state index contributed by atoms with van der Waals surface area (Å²) in [6, 6.07) is 5.25. The summed E-state index contributed by atoms with van der Waals surface area (Å²) >= 11 is 2.09. The molecule has 0 saturated carbocycles. The van der Waals surface area contributed by atoms with E-state index in [4.69, 9.17) is 11.0 Å². The first-order valence-electron chi connectivity index (χ1n) is 3.56. The lowest BCUT2D eigenvalue weighted by molar-refractivity contribution is -0.0595. The Kier molecular flexibility index (Phi) is 3.23. The predicted molar refractivity (Wildman–Crippen MR) is 56.0 cm³/mol. The van der Waals surface area contributed by atoms with Gasteiger partial charge in [0.15, 0.2) is 0 Å². The molecular formula is C8H9IN2O2. The molecule has 0 spiro atoms. The Morgan fingerprint density at radius 3 is 2.62 bits per heavy atom. The Balaban J connectivity index is 3.08. The molecule has 1 amide bonds. The molecule has 4 nitrogen and oxygen atoms in total. The third-order valence-electron chi connectivity index (χ3n) is 1.50. The van der Waals surface area contributed by atoms with E-state index in [0.29, 0.717) is 5.56 Å². The minimum Gasteiger partial charge on any atom is -0.270 e. The zero-order valence-electron chi connectivity index (χ0n) is 6.99. The third kappa shape index (κ3) is 2.64. The van der Waals surface area contributed by atoms with Gasteiger partial charge in [-0.05, 0) is 53.3 Å². The number of halogens is 1. The number of aryl methyl sites for hydroxylation is 1. The largest absolute Gasteiger partial charge is 0.292 e. The van der Waals surface area contributed by atoms with Crippen molar-refractivity contribution in [1.29, 1.82) is 0 Å². The molecule has 0 atom stereocenters. The second kappa shape index (κ2) is 4.03. The van der Waals surface area contributed by atoms with Gasteiger partial charge in [-0.25, -0.2) is 5.84 Å². The van der Waals surface area contributed by atoms with Crippen LogP contribution in [0.15, 0.2) is 18.2 Å². The molecule has 1 rings (SSSR count). The van der Waals surface area contributed by atoms with Crippen molar-refractivity contribution in [2.45, 2.75) is 6.92 Å². The Bertz CT molecular complexity index is 319. The fourth-order valence-corrected chi connectivity index (χ4v) is 1.82. The zero-order chi connectivity index (χ0) is 10.0. The normalized spacial score (nSPS) is 9.85. The van der Waals surface area contributed by atoms with Crippen LogP contribution in [0.3, 0.4) is 0 Å². The number of rotatable bonds is 1. The molecule has 0 aliphatic carbocycles. The van der Waals surface area contributed by atoms with Gasteiger partial charge in [0.1, 0.15) is 0 Å². The van der Waals surface area contributed by atoms with Gasteiger partial charge in [0.05, 0.1) is 0 Å². The van der Waals surface area contributed by atoms with Crippen LogP contribution in [0.1, 0.15) is 15.9 Å². The lowest BCUT2D eigenvalue weighted by Gasteiger charge is -2.08. The monoisotopic (exact) mass is 292 g/mol. The van der Waals surface area contributed by atoms with Gasteiger partial charge in [-0.15, -0.1) is 5.17 Å². The van der Waals surface area contributed by atoms with Crippen molar-refractivity contribution in [1.82, 2.24) is 5.17 Å². The van der Waals surface area contributed by atoms with Crippen LogP contribution in [-0.2, 0) is 0 Å². The standard InChI is InChI=1S/C8H9IN2O2/c1-5-2-6(4-7(9)3-5)8(12)11(10)13/h2-4,13H,10H2,1H3. The quantitative estimate of drug-likeness (QED) is 0.269. The van der Waals surface area contributed by atoms with E-state index in [2.05, 4.69) is 22.6 Å². The summed E-state index contributed by atoms with van der Waals surface area (Å²) in [7, 11) is 0. The van der Waals surface area contributed by atoms with E-state index in [0.717, 1.165) is 9.13 Å². The number of nitrogens with zero attached hydrogens (tertiary/aromatic N) is 1. The second-order valence-electron chi connectivity index (χ2n) is 2.67. The average Bonchev–Trinajstić information content (AvgIpc) is 2.01. The summed E-state index contributed by atoms with van der Waals surface area (Å²) in [6.45, 7) is 1.87. The minimum absolute atomic E-state index is 0.0881. The number of hydrogen-bond donors (Lipinski definition) is 2. The lowest BCUT2D eigenvalue weighted by atomic mass is 10.1. The second-order valence-corrected chi connectivity index (χ2v) is 3.91. The summed E-state index contributed by atoms with van der Waals surface area (Å²) in [4.78, 5) is 11.2. The first-order chi connectivity index (χ1) is 6.00. The van der Waals surface area contributed by atoms with Crippen LogP contribution < -0.4 is 5.84 Å². The molecule has 1 aromatic rings. The van der Waals surface area contributed by atoms with Crippen molar-refractivity contribution >= 4 is 28.5 Å². The number of carbonyl (C=O) groups excluding carboxylic acids is 1.